The molecule has 17 heavy (non-hydrogen) atoms. The Labute approximate surface area is 108 Å². The van der Waals surface area contributed by atoms with Crippen LogP contribution < -0.4 is 0 Å². The molecule has 0 unspecified atom stereocenters. The van der Waals surface area contributed by atoms with Gasteiger partial charge in [0.1, 0.15) is 0 Å². The molecule has 0 amide bonds. The van der Waals surface area contributed by atoms with E-state index in [0.29, 0.717) is 0 Å². The third-order valence-corrected chi connectivity index (χ3v) is 2.50. The quantitative estimate of drug-likeness (QED) is 0.329. The van der Waals surface area contributed by atoms with E-state index < -0.39 is 0 Å². The van der Waals surface area contributed by atoms with Crippen LogP contribution in [0.3, 0.4) is 0 Å². The van der Waals surface area contributed by atoms with Crippen LogP contribution in [-0.4, -0.2) is 0 Å². The first-order valence-corrected chi connectivity index (χ1v) is 6.82. The van der Waals surface area contributed by atoms with Crippen molar-refractivity contribution in [3.8, 4) is 0 Å². The van der Waals surface area contributed by atoms with E-state index in [2.05, 4.69) is 31.2 Å². The maximum Gasteiger partial charge on any atom is -0.0348 e. The van der Waals surface area contributed by atoms with E-state index in [9.17, 15) is 0 Å². The van der Waals surface area contributed by atoms with Crippen molar-refractivity contribution in [2.75, 3.05) is 0 Å². The number of hydrogen-bond acceptors (Lipinski definition) is 0. The lowest BCUT2D eigenvalue weighted by molar-refractivity contribution is 0.621. The molecule has 0 fully saturated rings. The zero-order valence-electron chi connectivity index (χ0n) is 11.3. The highest BCUT2D eigenvalue weighted by Gasteiger charge is 1.87. The van der Waals surface area contributed by atoms with E-state index in [4.69, 9.17) is 0 Å². The summed E-state index contributed by atoms with van der Waals surface area (Å²) in [4.78, 5) is 0. The van der Waals surface area contributed by atoms with Crippen molar-refractivity contribution < 1.29 is 0 Å². The summed E-state index contributed by atoms with van der Waals surface area (Å²) in [5, 5.41) is 0. The molecular weight excluding hydrogens is 204 g/mol. The fourth-order valence-corrected chi connectivity index (χ4v) is 1.51. The average Bonchev–Trinajstić information content (AvgIpc) is 2.35. The van der Waals surface area contributed by atoms with Gasteiger partial charge in [-0.25, -0.2) is 0 Å². The van der Waals surface area contributed by atoms with Crippen LogP contribution in [0.2, 0.25) is 0 Å². The van der Waals surface area contributed by atoms with Crippen molar-refractivity contribution >= 4 is 0 Å². The van der Waals surface area contributed by atoms with Crippen LogP contribution in [0.5, 0.6) is 0 Å². The van der Waals surface area contributed by atoms with Crippen molar-refractivity contribution in [1.82, 2.24) is 0 Å². The summed E-state index contributed by atoms with van der Waals surface area (Å²) in [7, 11) is 0. The fourth-order valence-electron chi connectivity index (χ4n) is 1.51. The maximum absolute atomic E-state index is 3.85. The monoisotopic (exact) mass is 231 g/mol. The lowest BCUT2D eigenvalue weighted by Crippen LogP contribution is -1.77. The van der Waals surface area contributed by atoms with Crippen LogP contribution in [-0.2, 0) is 0 Å². The Morgan fingerprint density at radius 3 is 2.00 bits per heavy atom. The smallest absolute Gasteiger partial charge is 0.0348 e. The number of hydrogen-bond donors (Lipinski definition) is 0. The van der Waals surface area contributed by atoms with Crippen LogP contribution in [0.25, 0.3) is 0 Å². The zero-order valence-corrected chi connectivity index (χ0v) is 11.3. The normalized spacial score (nSPS) is 12.8. The minimum Gasteiger partial charge on any atom is -0.0877 e. The number of allylic oxidation sites excluding steroid dienone is 8. The van der Waals surface area contributed by atoms with Gasteiger partial charge in [0.05, 0.1) is 0 Å². The van der Waals surface area contributed by atoms with Gasteiger partial charge in [-0.1, -0.05) is 87.6 Å². The molecule has 0 saturated carbocycles. The highest BCUT2D eigenvalue weighted by molar-refractivity contribution is 5.14. The predicted octanol–water partition coefficient (Wildman–Crippen LogP) is 5.80. The van der Waals surface area contributed by atoms with E-state index >= 15 is 0 Å². The maximum atomic E-state index is 3.85. The third-order valence-electron chi connectivity index (χ3n) is 2.50. The summed E-state index contributed by atoms with van der Waals surface area (Å²) in [6.45, 7) is 5.87. The van der Waals surface area contributed by atoms with Gasteiger partial charge < -0.3 is 0 Å². The Morgan fingerprint density at radius 1 is 0.706 bits per heavy atom. The fraction of sp³-hybridized carbons (Fsp3) is 0.471. The van der Waals surface area contributed by atoms with Gasteiger partial charge in [0.2, 0.25) is 0 Å². The topological polar surface area (TPSA) is 0 Å². The van der Waals surface area contributed by atoms with Gasteiger partial charge in [0.15, 0.2) is 0 Å². The third kappa shape index (κ3) is 15.0. The molecule has 0 bridgehead atoms. The molecule has 0 heteroatoms. The van der Waals surface area contributed by atoms with Gasteiger partial charge in [-0.15, -0.1) is 0 Å². The van der Waals surface area contributed by atoms with Gasteiger partial charge in [0, 0.05) is 0 Å². The van der Waals surface area contributed by atoms with E-state index in [1.54, 1.807) is 0 Å². The van der Waals surface area contributed by atoms with Gasteiger partial charge in [0.25, 0.3) is 0 Å². The molecule has 0 aliphatic rings. The minimum atomic E-state index is 1.09. The van der Waals surface area contributed by atoms with Crippen LogP contribution >= 0.6 is 0 Å². The molecule has 0 aromatic rings. The van der Waals surface area contributed by atoms with Gasteiger partial charge in [-0.2, -0.15) is 0 Å². The van der Waals surface area contributed by atoms with Gasteiger partial charge in [-0.05, 0) is 19.8 Å². The summed E-state index contributed by atoms with van der Waals surface area (Å²) in [5.41, 5.74) is 0. The molecule has 1 radical (unpaired) electrons. The molecule has 0 aliphatic heterocycles. The zero-order chi connectivity index (χ0) is 12.6. The summed E-state index contributed by atoms with van der Waals surface area (Å²) >= 11 is 0. The van der Waals surface area contributed by atoms with Crippen LogP contribution in [0.15, 0.2) is 48.6 Å². The number of unbranched alkanes of at least 4 members (excludes halogenated alkanes) is 6. The Bertz CT molecular complexity index is 241. The van der Waals surface area contributed by atoms with Crippen molar-refractivity contribution in [1.29, 1.82) is 0 Å². The predicted molar refractivity (Wildman–Crippen MR) is 79.9 cm³/mol. The standard InChI is InChI=1S/C17H27/c1-3-5-7-9-11-13-15-17-16-14-12-10-8-6-4-2/h4,6,8,10,12,14,16-17H,1,3,5,7,9,11,13,15H2,2H3. The van der Waals surface area contributed by atoms with Crippen LogP contribution in [0.4, 0.5) is 0 Å². The summed E-state index contributed by atoms with van der Waals surface area (Å²) < 4.78 is 0. The molecule has 0 rings (SSSR count). The Kier molecular flexibility index (Phi) is 14.0. The Balaban J connectivity index is 3.30. The largest absolute Gasteiger partial charge is 0.0877 e. The second kappa shape index (κ2) is 15.0. The highest BCUT2D eigenvalue weighted by atomic mass is 13.9. The molecule has 0 spiro atoms. The Morgan fingerprint density at radius 2 is 1.29 bits per heavy atom. The van der Waals surface area contributed by atoms with Crippen molar-refractivity contribution in [2.24, 2.45) is 0 Å². The first kappa shape index (κ1) is 16.0. The highest BCUT2D eigenvalue weighted by Crippen LogP contribution is 2.06. The Hall–Kier alpha value is -1.04. The molecule has 0 nitrogen and oxygen atoms in total. The van der Waals surface area contributed by atoms with Crippen LogP contribution in [0.1, 0.15) is 51.9 Å². The van der Waals surface area contributed by atoms with E-state index in [0.717, 1.165) is 6.42 Å². The molecule has 0 aromatic carbocycles. The molecular formula is C17H27. The molecule has 0 aliphatic carbocycles. The average molecular weight is 231 g/mol. The minimum absolute atomic E-state index is 1.09. The summed E-state index contributed by atoms with van der Waals surface area (Å²) in [6, 6.07) is 0. The van der Waals surface area contributed by atoms with Crippen LogP contribution in [0, 0.1) is 6.92 Å². The van der Waals surface area contributed by atoms with Gasteiger partial charge in [-0.3, -0.25) is 0 Å². The SMILES string of the molecule is [CH2]CCCCCCCC=CC=CC=CC=CC. The molecule has 0 aromatic heterocycles. The second-order valence-electron chi connectivity index (χ2n) is 4.13. The molecule has 0 atom stereocenters. The van der Waals surface area contributed by atoms with Crippen molar-refractivity contribution in [3.05, 3.63) is 55.5 Å². The molecule has 0 heterocycles. The summed E-state index contributed by atoms with van der Waals surface area (Å²) in [5.74, 6) is 0. The molecule has 0 saturated heterocycles. The molecule has 95 valence electrons. The first-order chi connectivity index (χ1) is 8.41. The van der Waals surface area contributed by atoms with Gasteiger partial charge >= 0.3 is 0 Å². The van der Waals surface area contributed by atoms with Crippen molar-refractivity contribution in [3.63, 3.8) is 0 Å². The number of rotatable bonds is 10. The lowest BCUT2D eigenvalue weighted by Gasteiger charge is -1.96. The lowest BCUT2D eigenvalue weighted by atomic mass is 10.1. The first-order valence-electron chi connectivity index (χ1n) is 6.82. The summed E-state index contributed by atoms with van der Waals surface area (Å²) in [6.07, 6.45) is 25.6. The van der Waals surface area contributed by atoms with E-state index in [1.165, 1.54) is 38.5 Å². The van der Waals surface area contributed by atoms with Crippen molar-refractivity contribution in [2.45, 2.75) is 51.9 Å². The molecule has 0 N–H and O–H groups in total. The van der Waals surface area contributed by atoms with E-state index in [-0.39, 0.29) is 0 Å². The van der Waals surface area contributed by atoms with E-state index in [1.807, 2.05) is 31.2 Å². The second-order valence-corrected chi connectivity index (χ2v) is 4.13.